The fourth-order valence-electron chi connectivity index (χ4n) is 7.74. The second kappa shape index (κ2) is 24.4. The van der Waals surface area contributed by atoms with E-state index in [4.69, 9.17) is 4.74 Å². The lowest BCUT2D eigenvalue weighted by molar-refractivity contribution is 0.468. The molecule has 1 heteroatoms. The lowest BCUT2D eigenvalue weighted by Crippen LogP contribution is -1.98. The van der Waals surface area contributed by atoms with Crippen LogP contribution in [0.25, 0.3) is 21.5 Å². The number of hydrogen-bond acceptors (Lipinski definition) is 1. The summed E-state index contributed by atoms with van der Waals surface area (Å²) < 4.78 is 6.97. The Labute approximate surface area is 301 Å². The van der Waals surface area contributed by atoms with Crippen molar-refractivity contribution < 1.29 is 4.74 Å². The van der Waals surface area contributed by atoms with Crippen LogP contribution >= 0.6 is 0 Å². The monoisotopic (exact) mass is 663 g/mol. The van der Waals surface area contributed by atoms with E-state index >= 15 is 0 Å². The van der Waals surface area contributed by atoms with Crippen LogP contribution in [0.5, 0.6) is 11.5 Å². The zero-order chi connectivity index (χ0) is 34.2. The molecule has 0 saturated carbocycles. The summed E-state index contributed by atoms with van der Waals surface area (Å²) in [5.74, 6) is 2.10. The highest BCUT2D eigenvalue weighted by molar-refractivity contribution is 5.89. The number of rotatable bonds is 28. The van der Waals surface area contributed by atoms with Gasteiger partial charge in [0.1, 0.15) is 11.5 Å². The standard InChI is InChI=1S/C48H70O/c1-3-5-7-9-11-13-15-17-19-21-23-25-35-45-43-33-29-27-31-41(43)37-39-47(45)49-48-40-38-42-32-28-30-34-44(42)46(48)36-26-24-22-20-18-16-14-12-10-8-6-4-2/h27-34,37-40H,3-26,35-36H2,1-2H3. The summed E-state index contributed by atoms with van der Waals surface area (Å²) in [6, 6.07) is 26.8. The van der Waals surface area contributed by atoms with Crippen molar-refractivity contribution in [1.29, 1.82) is 0 Å². The molecule has 0 aromatic heterocycles. The summed E-state index contributed by atoms with van der Waals surface area (Å²) in [7, 11) is 0. The van der Waals surface area contributed by atoms with E-state index < -0.39 is 0 Å². The van der Waals surface area contributed by atoms with E-state index in [1.807, 2.05) is 0 Å². The first-order valence-corrected chi connectivity index (χ1v) is 21.0. The Balaban J connectivity index is 1.31. The van der Waals surface area contributed by atoms with Crippen molar-refractivity contribution >= 4 is 21.5 Å². The quantitative estimate of drug-likeness (QED) is 0.0550. The normalized spacial score (nSPS) is 11.6. The third kappa shape index (κ3) is 14.2. The number of ether oxygens (including phenoxy) is 1. The van der Waals surface area contributed by atoms with Crippen LogP contribution < -0.4 is 4.74 Å². The third-order valence-corrected chi connectivity index (χ3v) is 10.8. The van der Waals surface area contributed by atoms with Gasteiger partial charge in [0.05, 0.1) is 0 Å². The molecule has 0 heterocycles. The van der Waals surface area contributed by atoms with Crippen molar-refractivity contribution in [2.24, 2.45) is 0 Å². The van der Waals surface area contributed by atoms with E-state index in [1.54, 1.807) is 0 Å². The van der Waals surface area contributed by atoms with E-state index in [9.17, 15) is 0 Å². The number of benzene rings is 4. The molecular formula is C48H70O. The van der Waals surface area contributed by atoms with Crippen LogP contribution in [-0.2, 0) is 12.8 Å². The first-order chi connectivity index (χ1) is 24.3. The van der Waals surface area contributed by atoms with Gasteiger partial charge in [-0.3, -0.25) is 0 Å². The molecule has 0 aliphatic carbocycles. The topological polar surface area (TPSA) is 9.23 Å². The zero-order valence-electron chi connectivity index (χ0n) is 31.7. The minimum atomic E-state index is 1.05. The van der Waals surface area contributed by atoms with E-state index in [0.29, 0.717) is 0 Å². The number of aryl methyl sites for hydroxylation is 2. The van der Waals surface area contributed by atoms with Crippen LogP contribution in [0.4, 0.5) is 0 Å². The minimum absolute atomic E-state index is 1.05. The van der Waals surface area contributed by atoms with Crippen molar-refractivity contribution in [2.45, 2.75) is 181 Å². The van der Waals surface area contributed by atoms with Gasteiger partial charge in [-0.25, -0.2) is 0 Å². The van der Waals surface area contributed by atoms with Crippen molar-refractivity contribution in [3.8, 4) is 11.5 Å². The fourth-order valence-corrected chi connectivity index (χ4v) is 7.74. The van der Waals surface area contributed by atoms with Crippen LogP contribution in [0.15, 0.2) is 72.8 Å². The summed E-state index contributed by atoms with van der Waals surface area (Å²) in [5, 5.41) is 5.34. The van der Waals surface area contributed by atoms with Gasteiger partial charge in [-0.15, -0.1) is 0 Å². The molecule has 0 atom stereocenters. The summed E-state index contributed by atoms with van der Waals surface area (Å²) in [6.45, 7) is 4.60. The molecule has 0 N–H and O–H groups in total. The molecule has 0 aliphatic heterocycles. The molecule has 4 aromatic carbocycles. The van der Waals surface area contributed by atoms with Gasteiger partial charge in [0.2, 0.25) is 0 Å². The Bertz CT molecular complexity index is 1320. The Morgan fingerprint density at radius 2 is 0.633 bits per heavy atom. The van der Waals surface area contributed by atoms with Crippen LogP contribution in [0, 0.1) is 0 Å². The summed E-state index contributed by atoms with van der Waals surface area (Å²) in [5.41, 5.74) is 2.77. The molecule has 0 fully saturated rings. The van der Waals surface area contributed by atoms with Gasteiger partial charge in [0.25, 0.3) is 0 Å². The summed E-state index contributed by atoms with van der Waals surface area (Å²) in [4.78, 5) is 0. The van der Waals surface area contributed by atoms with Crippen LogP contribution in [0.3, 0.4) is 0 Å². The molecule has 0 aliphatic rings. The summed E-state index contributed by atoms with van der Waals surface area (Å²) >= 11 is 0. The SMILES string of the molecule is CCCCCCCCCCCCCCc1c(Oc2ccc3ccccc3c2CCCCCCCCCCCCCC)ccc2ccccc12. The highest BCUT2D eigenvalue weighted by Crippen LogP contribution is 2.37. The highest BCUT2D eigenvalue weighted by Gasteiger charge is 2.14. The van der Waals surface area contributed by atoms with Gasteiger partial charge in [-0.05, 0) is 59.4 Å². The van der Waals surface area contributed by atoms with Gasteiger partial charge in [-0.1, -0.05) is 216 Å². The smallest absolute Gasteiger partial charge is 0.131 e. The van der Waals surface area contributed by atoms with E-state index in [0.717, 1.165) is 24.3 Å². The molecule has 0 bridgehead atoms. The number of fused-ring (bicyclic) bond motifs is 2. The molecule has 268 valence electrons. The Morgan fingerprint density at radius 3 is 0.980 bits per heavy atom. The van der Waals surface area contributed by atoms with Crippen molar-refractivity contribution in [3.05, 3.63) is 83.9 Å². The molecule has 4 aromatic rings. The van der Waals surface area contributed by atoms with Crippen molar-refractivity contribution in [3.63, 3.8) is 0 Å². The first kappa shape index (κ1) is 39.0. The molecule has 49 heavy (non-hydrogen) atoms. The average Bonchev–Trinajstić information content (AvgIpc) is 3.13. The van der Waals surface area contributed by atoms with Gasteiger partial charge < -0.3 is 4.74 Å². The van der Waals surface area contributed by atoms with Crippen LogP contribution in [0.1, 0.15) is 179 Å². The maximum atomic E-state index is 6.97. The fraction of sp³-hybridized carbons (Fsp3) is 0.583. The molecule has 0 spiro atoms. The van der Waals surface area contributed by atoms with Crippen LogP contribution in [-0.4, -0.2) is 0 Å². The predicted octanol–water partition coefficient (Wildman–Crippen LogP) is 16.3. The molecular weight excluding hydrogens is 593 g/mol. The maximum absolute atomic E-state index is 6.97. The largest absolute Gasteiger partial charge is 0.457 e. The summed E-state index contributed by atoms with van der Waals surface area (Å²) in [6.07, 6.45) is 35.3. The molecule has 0 unspecified atom stereocenters. The lowest BCUT2D eigenvalue weighted by Gasteiger charge is -2.18. The number of unbranched alkanes of at least 4 members (excludes halogenated alkanes) is 22. The predicted molar refractivity (Wildman–Crippen MR) is 218 cm³/mol. The highest BCUT2D eigenvalue weighted by atomic mass is 16.5. The average molecular weight is 663 g/mol. The van der Waals surface area contributed by atoms with Crippen LogP contribution in [0.2, 0.25) is 0 Å². The molecule has 0 amide bonds. The molecule has 4 rings (SSSR count). The Kier molecular flexibility index (Phi) is 19.4. The second-order valence-corrected chi connectivity index (χ2v) is 14.9. The minimum Gasteiger partial charge on any atom is -0.457 e. The first-order valence-electron chi connectivity index (χ1n) is 21.0. The van der Waals surface area contributed by atoms with Gasteiger partial charge in [-0.2, -0.15) is 0 Å². The third-order valence-electron chi connectivity index (χ3n) is 10.8. The van der Waals surface area contributed by atoms with Gasteiger partial charge in [0.15, 0.2) is 0 Å². The zero-order valence-corrected chi connectivity index (χ0v) is 31.7. The van der Waals surface area contributed by atoms with E-state index in [1.165, 1.54) is 187 Å². The van der Waals surface area contributed by atoms with E-state index in [-0.39, 0.29) is 0 Å². The Morgan fingerprint density at radius 1 is 0.327 bits per heavy atom. The van der Waals surface area contributed by atoms with Crippen molar-refractivity contribution in [1.82, 2.24) is 0 Å². The van der Waals surface area contributed by atoms with Gasteiger partial charge in [0, 0.05) is 11.1 Å². The van der Waals surface area contributed by atoms with Crippen molar-refractivity contribution in [2.75, 3.05) is 0 Å². The number of hydrogen-bond donors (Lipinski definition) is 0. The maximum Gasteiger partial charge on any atom is 0.131 e. The molecule has 0 radical (unpaired) electrons. The lowest BCUT2D eigenvalue weighted by atomic mass is 9.96. The molecule has 1 nitrogen and oxygen atoms in total. The Hall–Kier alpha value is -2.80. The molecule has 0 saturated heterocycles. The second-order valence-electron chi connectivity index (χ2n) is 14.9. The van der Waals surface area contributed by atoms with Gasteiger partial charge >= 0.3 is 0 Å². The van der Waals surface area contributed by atoms with E-state index in [2.05, 4.69) is 86.6 Å².